The van der Waals surface area contributed by atoms with Crippen molar-refractivity contribution in [2.45, 2.75) is 12.5 Å². The number of methoxy groups -OCH3 is 1. The van der Waals surface area contributed by atoms with Gasteiger partial charge < -0.3 is 9.84 Å². The van der Waals surface area contributed by atoms with Gasteiger partial charge in [-0.1, -0.05) is 29.8 Å². The van der Waals surface area contributed by atoms with Gasteiger partial charge in [-0.3, -0.25) is 4.98 Å². The number of carbonyl (C=O) groups excluding carboxylic acids is 1. The van der Waals surface area contributed by atoms with Gasteiger partial charge in [-0.2, -0.15) is 0 Å². The van der Waals surface area contributed by atoms with Crippen molar-refractivity contribution in [3.05, 3.63) is 69.5 Å². The summed E-state index contributed by atoms with van der Waals surface area (Å²) in [5.41, 5.74) is 3.33. The molecule has 0 saturated heterocycles. The van der Waals surface area contributed by atoms with Crippen molar-refractivity contribution in [3.63, 3.8) is 0 Å². The fourth-order valence-electron chi connectivity index (χ4n) is 2.62. The van der Waals surface area contributed by atoms with E-state index in [0.717, 1.165) is 11.1 Å². The Balaban J connectivity index is 1.94. The topological polar surface area (TPSA) is 59.4 Å². The van der Waals surface area contributed by atoms with Crippen LogP contribution in [0.15, 0.2) is 42.1 Å². The Hall–Kier alpha value is -2.17. The number of pyridine rings is 1. The zero-order valence-electron chi connectivity index (χ0n) is 11.9. The third-order valence-electron chi connectivity index (χ3n) is 3.75. The van der Waals surface area contributed by atoms with Gasteiger partial charge in [0.15, 0.2) is 0 Å². The Bertz CT molecular complexity index is 770. The summed E-state index contributed by atoms with van der Waals surface area (Å²) in [5, 5.41) is 11.1. The lowest BCUT2D eigenvalue weighted by atomic mass is 9.98. The second-order valence-corrected chi connectivity index (χ2v) is 5.44. The number of halogens is 1. The van der Waals surface area contributed by atoms with Crippen LogP contribution in [0.1, 0.15) is 33.3 Å². The van der Waals surface area contributed by atoms with Crippen LogP contribution < -0.4 is 0 Å². The van der Waals surface area contributed by atoms with Crippen LogP contribution in [0.4, 0.5) is 0 Å². The molecule has 0 aliphatic heterocycles. The number of benzene rings is 1. The number of ether oxygens (including phenoxy) is 1. The van der Waals surface area contributed by atoms with E-state index in [1.54, 1.807) is 30.5 Å². The zero-order chi connectivity index (χ0) is 15.7. The maximum absolute atomic E-state index is 11.8. The van der Waals surface area contributed by atoms with Gasteiger partial charge in [-0.05, 0) is 35.8 Å². The number of fused-ring (bicyclic) bond motifs is 1. The van der Waals surface area contributed by atoms with Crippen molar-refractivity contribution < 1.29 is 14.6 Å². The lowest BCUT2D eigenvalue weighted by molar-refractivity contribution is 0.0599. The Kier molecular flexibility index (Phi) is 3.96. The first-order chi connectivity index (χ1) is 10.6. The van der Waals surface area contributed by atoms with Crippen LogP contribution in [0.2, 0.25) is 5.02 Å². The zero-order valence-corrected chi connectivity index (χ0v) is 12.7. The predicted molar refractivity (Wildman–Crippen MR) is 83.7 cm³/mol. The number of esters is 1. The van der Waals surface area contributed by atoms with Crippen LogP contribution in [0.5, 0.6) is 0 Å². The van der Waals surface area contributed by atoms with Crippen molar-refractivity contribution >= 4 is 23.6 Å². The third-order valence-corrected chi connectivity index (χ3v) is 4.09. The highest BCUT2D eigenvalue weighted by Gasteiger charge is 2.26. The van der Waals surface area contributed by atoms with Crippen LogP contribution in [-0.4, -0.2) is 23.2 Å². The number of aromatic nitrogens is 1. The molecule has 1 aromatic carbocycles. The fourth-order valence-corrected chi connectivity index (χ4v) is 2.86. The SMILES string of the molecule is COC(=O)c1ccnc2c1CC(C(O)c1ccccc1Cl)=C2. The highest BCUT2D eigenvalue weighted by Crippen LogP contribution is 2.36. The molecule has 0 spiro atoms. The van der Waals surface area contributed by atoms with E-state index in [0.29, 0.717) is 28.3 Å². The van der Waals surface area contributed by atoms with Gasteiger partial charge in [0.25, 0.3) is 0 Å². The van der Waals surface area contributed by atoms with E-state index < -0.39 is 12.1 Å². The number of carbonyl (C=O) groups is 1. The molecule has 1 N–H and O–H groups in total. The van der Waals surface area contributed by atoms with Gasteiger partial charge in [0.05, 0.1) is 18.4 Å². The average Bonchev–Trinajstić information content (AvgIpc) is 2.98. The Morgan fingerprint density at radius 3 is 2.86 bits per heavy atom. The van der Waals surface area contributed by atoms with E-state index in [-0.39, 0.29) is 0 Å². The van der Waals surface area contributed by atoms with Crippen molar-refractivity contribution in [2.24, 2.45) is 0 Å². The summed E-state index contributed by atoms with van der Waals surface area (Å²) in [5.74, 6) is -0.402. The van der Waals surface area contributed by atoms with Crippen LogP contribution in [0, 0.1) is 0 Å². The average molecular weight is 316 g/mol. The lowest BCUT2D eigenvalue weighted by Gasteiger charge is -2.14. The van der Waals surface area contributed by atoms with Gasteiger partial charge in [0, 0.05) is 16.8 Å². The molecule has 3 rings (SSSR count). The molecule has 0 amide bonds. The van der Waals surface area contributed by atoms with E-state index in [4.69, 9.17) is 16.3 Å². The molecular weight excluding hydrogens is 302 g/mol. The van der Waals surface area contributed by atoms with Gasteiger partial charge in [0.2, 0.25) is 0 Å². The summed E-state index contributed by atoms with van der Waals surface area (Å²) < 4.78 is 4.79. The molecule has 0 radical (unpaired) electrons. The molecule has 0 bridgehead atoms. The second kappa shape index (κ2) is 5.91. The smallest absolute Gasteiger partial charge is 0.338 e. The van der Waals surface area contributed by atoms with Gasteiger partial charge in [0.1, 0.15) is 6.10 Å². The van der Waals surface area contributed by atoms with Crippen LogP contribution in [0.3, 0.4) is 0 Å². The highest BCUT2D eigenvalue weighted by atomic mass is 35.5. The van der Waals surface area contributed by atoms with E-state index in [9.17, 15) is 9.90 Å². The predicted octanol–water partition coefficient (Wildman–Crippen LogP) is 3.19. The normalized spacial score (nSPS) is 14.2. The molecule has 5 heteroatoms. The number of nitrogens with zero attached hydrogens (tertiary/aromatic N) is 1. The minimum atomic E-state index is -0.826. The Morgan fingerprint density at radius 1 is 1.36 bits per heavy atom. The van der Waals surface area contributed by atoms with E-state index in [1.165, 1.54) is 7.11 Å². The first kappa shape index (κ1) is 14.8. The molecule has 0 saturated carbocycles. The first-order valence-electron chi connectivity index (χ1n) is 6.81. The molecule has 1 unspecified atom stereocenters. The van der Waals surface area contributed by atoms with Gasteiger partial charge in [-0.15, -0.1) is 0 Å². The van der Waals surface area contributed by atoms with Crippen LogP contribution in [0.25, 0.3) is 6.08 Å². The maximum Gasteiger partial charge on any atom is 0.338 e. The lowest BCUT2D eigenvalue weighted by Crippen LogP contribution is -2.08. The molecule has 1 atom stereocenters. The number of hydrogen-bond acceptors (Lipinski definition) is 4. The quantitative estimate of drug-likeness (QED) is 0.884. The van der Waals surface area contributed by atoms with E-state index in [1.807, 2.05) is 12.1 Å². The highest BCUT2D eigenvalue weighted by molar-refractivity contribution is 6.31. The molecule has 1 aromatic heterocycles. The second-order valence-electron chi connectivity index (χ2n) is 5.03. The minimum Gasteiger partial charge on any atom is -0.465 e. The minimum absolute atomic E-state index is 0.402. The molecule has 22 heavy (non-hydrogen) atoms. The van der Waals surface area contributed by atoms with Crippen molar-refractivity contribution in [2.75, 3.05) is 7.11 Å². The fraction of sp³-hybridized carbons (Fsp3) is 0.176. The number of aliphatic hydroxyl groups excluding tert-OH is 1. The van der Waals surface area contributed by atoms with E-state index in [2.05, 4.69) is 4.98 Å². The van der Waals surface area contributed by atoms with Crippen molar-refractivity contribution in [1.82, 2.24) is 4.98 Å². The molecule has 112 valence electrons. The molecule has 2 aromatic rings. The van der Waals surface area contributed by atoms with Crippen LogP contribution >= 0.6 is 11.6 Å². The Labute approximate surface area is 133 Å². The summed E-state index contributed by atoms with van der Waals surface area (Å²) >= 11 is 6.14. The summed E-state index contributed by atoms with van der Waals surface area (Å²) in [6, 6.07) is 8.79. The third kappa shape index (κ3) is 2.51. The summed E-state index contributed by atoms with van der Waals surface area (Å²) in [6.45, 7) is 0. The monoisotopic (exact) mass is 315 g/mol. The van der Waals surface area contributed by atoms with Gasteiger partial charge >= 0.3 is 5.97 Å². The maximum atomic E-state index is 11.8. The van der Waals surface area contributed by atoms with Gasteiger partial charge in [-0.25, -0.2) is 4.79 Å². The molecule has 4 nitrogen and oxygen atoms in total. The van der Waals surface area contributed by atoms with Crippen molar-refractivity contribution in [1.29, 1.82) is 0 Å². The number of rotatable bonds is 3. The Morgan fingerprint density at radius 2 is 2.14 bits per heavy atom. The molecular formula is C17H14ClNO3. The largest absolute Gasteiger partial charge is 0.465 e. The summed E-state index contributed by atoms with van der Waals surface area (Å²) in [4.78, 5) is 16.1. The standard InChI is InChI=1S/C17H14ClNO3/c1-22-17(21)11-6-7-19-15-9-10(8-13(11)15)16(20)12-4-2-3-5-14(12)18/h2-7,9,16,20H,8H2,1H3. The molecule has 1 aliphatic carbocycles. The molecule has 1 aliphatic rings. The summed E-state index contributed by atoms with van der Waals surface area (Å²) in [7, 11) is 1.34. The number of hydrogen-bond donors (Lipinski definition) is 1. The molecule has 0 fully saturated rings. The van der Waals surface area contributed by atoms with Crippen molar-refractivity contribution in [3.8, 4) is 0 Å². The molecule has 1 heterocycles. The summed E-state index contributed by atoms with van der Waals surface area (Å²) in [6.07, 6.45) is 2.98. The number of aliphatic hydroxyl groups is 1. The first-order valence-corrected chi connectivity index (χ1v) is 7.18. The van der Waals surface area contributed by atoms with Crippen LogP contribution in [-0.2, 0) is 11.2 Å². The van der Waals surface area contributed by atoms with E-state index >= 15 is 0 Å².